The highest BCUT2D eigenvalue weighted by molar-refractivity contribution is 5.63. The molecular formula is C22H19N3O4. The average Bonchev–Trinajstić information content (AvgIpc) is 2.77. The van der Waals surface area contributed by atoms with Crippen LogP contribution in [0, 0.1) is 21.4 Å². The molecule has 0 radical (unpaired) electrons. The third-order valence-corrected chi connectivity index (χ3v) is 4.49. The van der Waals surface area contributed by atoms with Crippen LogP contribution in [0.25, 0.3) is 0 Å². The second-order valence-corrected chi connectivity index (χ2v) is 6.23. The molecule has 0 fully saturated rings. The van der Waals surface area contributed by atoms with E-state index in [-0.39, 0.29) is 17.3 Å². The van der Waals surface area contributed by atoms with Gasteiger partial charge in [0.25, 0.3) is 5.69 Å². The Balaban J connectivity index is 2.08. The van der Waals surface area contributed by atoms with Crippen molar-refractivity contribution in [3.8, 4) is 17.6 Å². The minimum atomic E-state index is -0.522. The van der Waals surface area contributed by atoms with Crippen LogP contribution in [0.3, 0.4) is 0 Å². The fraction of sp³-hybridized carbons (Fsp3) is 0.136. The second-order valence-electron chi connectivity index (χ2n) is 6.23. The number of methoxy groups -OCH3 is 2. The van der Waals surface area contributed by atoms with Gasteiger partial charge in [-0.15, -0.1) is 0 Å². The molecule has 0 unspecified atom stereocenters. The van der Waals surface area contributed by atoms with E-state index < -0.39 is 4.92 Å². The van der Waals surface area contributed by atoms with E-state index in [1.807, 2.05) is 54.6 Å². The summed E-state index contributed by atoms with van der Waals surface area (Å²) >= 11 is 0. The predicted molar refractivity (Wildman–Crippen MR) is 109 cm³/mol. The van der Waals surface area contributed by atoms with Gasteiger partial charge in [-0.05, 0) is 41.5 Å². The zero-order valence-electron chi connectivity index (χ0n) is 16.0. The molecule has 0 aromatic heterocycles. The second kappa shape index (κ2) is 8.76. The van der Waals surface area contributed by atoms with Gasteiger partial charge in [-0.25, -0.2) is 0 Å². The summed E-state index contributed by atoms with van der Waals surface area (Å²) in [7, 11) is 3.19. The fourth-order valence-electron chi connectivity index (χ4n) is 3.02. The number of anilines is 1. The summed E-state index contributed by atoms with van der Waals surface area (Å²) in [5, 5.41) is 23.9. The van der Waals surface area contributed by atoms with Gasteiger partial charge in [0.15, 0.2) is 0 Å². The largest absolute Gasteiger partial charge is 0.497 e. The maximum Gasteiger partial charge on any atom is 0.270 e. The van der Waals surface area contributed by atoms with Gasteiger partial charge in [-0.3, -0.25) is 10.1 Å². The minimum Gasteiger partial charge on any atom is -0.497 e. The first-order chi connectivity index (χ1) is 14.0. The van der Waals surface area contributed by atoms with E-state index >= 15 is 0 Å². The Morgan fingerprint density at radius 2 is 1.55 bits per heavy atom. The standard InChI is InChI=1S/C22H19N3O4/c1-28-19-7-3-5-15(12-19)22(16-6-4-8-20(13-16)29-2)24-21-10-9-18(25(26)27)11-17(21)14-23/h3-13,22,24H,1-2H3. The van der Waals surface area contributed by atoms with Crippen LogP contribution < -0.4 is 14.8 Å². The third kappa shape index (κ3) is 4.45. The first-order valence-electron chi connectivity index (χ1n) is 8.78. The molecule has 0 saturated carbocycles. The molecule has 0 atom stereocenters. The maximum absolute atomic E-state index is 11.0. The Morgan fingerprint density at radius 3 is 2.03 bits per heavy atom. The minimum absolute atomic E-state index is 0.133. The molecule has 0 aliphatic carbocycles. The molecule has 7 heteroatoms. The van der Waals surface area contributed by atoms with Crippen molar-refractivity contribution in [2.24, 2.45) is 0 Å². The molecule has 146 valence electrons. The summed E-state index contributed by atoms with van der Waals surface area (Å²) in [5.74, 6) is 1.39. The Morgan fingerprint density at radius 1 is 0.966 bits per heavy atom. The van der Waals surface area contributed by atoms with Crippen LogP contribution in [-0.4, -0.2) is 19.1 Å². The van der Waals surface area contributed by atoms with Gasteiger partial charge >= 0.3 is 0 Å². The smallest absolute Gasteiger partial charge is 0.270 e. The normalized spacial score (nSPS) is 10.3. The number of rotatable bonds is 7. The summed E-state index contributed by atoms with van der Waals surface area (Å²) in [6, 6.07) is 21.0. The Hall–Kier alpha value is -4.05. The van der Waals surface area contributed by atoms with Crippen LogP contribution in [-0.2, 0) is 0 Å². The molecule has 3 aromatic carbocycles. The van der Waals surface area contributed by atoms with Crippen LogP contribution in [0.2, 0.25) is 0 Å². The molecule has 7 nitrogen and oxygen atoms in total. The van der Waals surface area contributed by atoms with E-state index in [4.69, 9.17) is 9.47 Å². The molecule has 29 heavy (non-hydrogen) atoms. The Bertz CT molecular complexity index is 1030. The van der Waals surface area contributed by atoms with Gasteiger partial charge < -0.3 is 14.8 Å². The third-order valence-electron chi connectivity index (χ3n) is 4.49. The number of non-ortho nitro benzene ring substituents is 1. The highest BCUT2D eigenvalue weighted by Gasteiger charge is 2.19. The Labute approximate surface area is 168 Å². The van der Waals surface area contributed by atoms with E-state index in [0.29, 0.717) is 17.2 Å². The average molecular weight is 389 g/mol. The van der Waals surface area contributed by atoms with Crippen LogP contribution >= 0.6 is 0 Å². The number of hydrogen-bond donors (Lipinski definition) is 1. The van der Waals surface area contributed by atoms with Crippen molar-refractivity contribution < 1.29 is 14.4 Å². The van der Waals surface area contributed by atoms with E-state index in [2.05, 4.69) is 5.32 Å². The van der Waals surface area contributed by atoms with Gasteiger partial charge in [-0.1, -0.05) is 24.3 Å². The molecule has 0 spiro atoms. The molecule has 0 bridgehead atoms. The van der Waals surface area contributed by atoms with E-state index in [1.165, 1.54) is 12.1 Å². The van der Waals surface area contributed by atoms with Crippen molar-refractivity contribution in [1.29, 1.82) is 5.26 Å². The van der Waals surface area contributed by atoms with Gasteiger partial charge in [0.1, 0.15) is 17.6 Å². The van der Waals surface area contributed by atoms with Crippen LogP contribution in [0.5, 0.6) is 11.5 Å². The molecule has 0 aliphatic heterocycles. The molecule has 0 amide bonds. The summed E-state index contributed by atoms with van der Waals surface area (Å²) in [6.45, 7) is 0. The number of hydrogen-bond acceptors (Lipinski definition) is 6. The molecule has 0 heterocycles. The number of nitro groups is 1. The fourth-order valence-corrected chi connectivity index (χ4v) is 3.02. The van der Waals surface area contributed by atoms with Gasteiger partial charge in [0, 0.05) is 12.1 Å². The van der Waals surface area contributed by atoms with Gasteiger partial charge in [-0.2, -0.15) is 5.26 Å². The Kier molecular flexibility index (Phi) is 5.95. The zero-order valence-corrected chi connectivity index (χ0v) is 16.0. The molecule has 0 saturated heterocycles. The summed E-state index contributed by atoms with van der Waals surface area (Å²) in [4.78, 5) is 10.5. The molecule has 3 rings (SSSR count). The number of nitro benzene ring substituents is 1. The lowest BCUT2D eigenvalue weighted by Crippen LogP contribution is -2.13. The SMILES string of the molecule is COc1cccc(C(Nc2ccc([N+](=O)[O-])cc2C#N)c2cccc(OC)c2)c1. The lowest BCUT2D eigenvalue weighted by Gasteiger charge is -2.22. The highest BCUT2D eigenvalue weighted by Crippen LogP contribution is 2.32. The van der Waals surface area contributed by atoms with Crippen molar-refractivity contribution in [1.82, 2.24) is 0 Å². The van der Waals surface area contributed by atoms with Crippen molar-refractivity contribution in [2.75, 3.05) is 19.5 Å². The van der Waals surface area contributed by atoms with Crippen molar-refractivity contribution in [2.45, 2.75) is 6.04 Å². The number of nitrogens with zero attached hydrogens (tertiary/aromatic N) is 2. The lowest BCUT2D eigenvalue weighted by atomic mass is 9.97. The van der Waals surface area contributed by atoms with E-state index in [0.717, 1.165) is 11.1 Å². The van der Waals surface area contributed by atoms with Crippen LogP contribution in [0.4, 0.5) is 11.4 Å². The molecule has 3 aromatic rings. The number of nitriles is 1. The van der Waals surface area contributed by atoms with Gasteiger partial charge in [0.2, 0.25) is 0 Å². The lowest BCUT2D eigenvalue weighted by molar-refractivity contribution is -0.384. The summed E-state index contributed by atoms with van der Waals surface area (Å²) < 4.78 is 10.7. The summed E-state index contributed by atoms with van der Waals surface area (Å²) in [6.07, 6.45) is 0. The van der Waals surface area contributed by atoms with Crippen LogP contribution in [0.15, 0.2) is 66.7 Å². The van der Waals surface area contributed by atoms with Crippen molar-refractivity contribution in [3.63, 3.8) is 0 Å². The van der Waals surface area contributed by atoms with Crippen LogP contribution in [0.1, 0.15) is 22.7 Å². The van der Waals surface area contributed by atoms with Gasteiger partial charge in [0.05, 0.1) is 36.4 Å². The molecule has 0 aliphatic rings. The van der Waals surface area contributed by atoms with E-state index in [1.54, 1.807) is 20.3 Å². The molecular weight excluding hydrogens is 370 g/mol. The topological polar surface area (TPSA) is 97.4 Å². The maximum atomic E-state index is 11.0. The quantitative estimate of drug-likeness (QED) is 0.465. The van der Waals surface area contributed by atoms with Crippen molar-refractivity contribution in [3.05, 3.63) is 93.5 Å². The summed E-state index contributed by atoms with van der Waals surface area (Å²) in [5.41, 5.74) is 2.36. The first kappa shape index (κ1) is 19.7. The number of ether oxygens (including phenoxy) is 2. The monoisotopic (exact) mass is 389 g/mol. The zero-order chi connectivity index (χ0) is 20.8. The molecule has 1 N–H and O–H groups in total. The van der Waals surface area contributed by atoms with E-state index in [9.17, 15) is 15.4 Å². The number of nitrogens with one attached hydrogen (secondary N) is 1. The first-order valence-corrected chi connectivity index (χ1v) is 8.78. The van der Waals surface area contributed by atoms with Crippen molar-refractivity contribution >= 4 is 11.4 Å². The highest BCUT2D eigenvalue weighted by atomic mass is 16.6. The number of benzene rings is 3. The predicted octanol–water partition coefficient (Wildman–Crippen LogP) is 4.69.